The van der Waals surface area contributed by atoms with Crippen molar-refractivity contribution in [2.24, 2.45) is 5.73 Å². The molecule has 3 aromatic rings. The van der Waals surface area contributed by atoms with Crippen LogP contribution in [0.4, 0.5) is 0 Å². The smallest absolute Gasteiger partial charge is 0.264 e. The summed E-state index contributed by atoms with van der Waals surface area (Å²) in [5.41, 5.74) is 8.19. The third-order valence-corrected chi connectivity index (χ3v) is 3.30. The summed E-state index contributed by atoms with van der Waals surface area (Å²) in [4.78, 5) is 17.0. The van der Waals surface area contributed by atoms with Crippen molar-refractivity contribution in [2.75, 3.05) is 0 Å². The second-order valence-corrected chi connectivity index (χ2v) is 4.77. The van der Waals surface area contributed by atoms with Gasteiger partial charge in [-0.1, -0.05) is 18.2 Å². The second-order valence-electron chi connectivity index (χ2n) is 4.77. The van der Waals surface area contributed by atoms with Gasteiger partial charge in [0, 0.05) is 23.6 Å². The first kappa shape index (κ1) is 12.6. The Morgan fingerprint density at radius 3 is 2.60 bits per heavy atom. The van der Waals surface area contributed by atoms with Crippen molar-refractivity contribution in [2.45, 2.75) is 13.0 Å². The molecule has 3 rings (SSSR count). The molecule has 4 nitrogen and oxygen atoms in total. The van der Waals surface area contributed by atoms with E-state index in [-0.39, 0.29) is 11.6 Å². The molecule has 0 radical (unpaired) electrons. The molecule has 1 atom stereocenters. The summed E-state index contributed by atoms with van der Waals surface area (Å²) in [5.74, 6) is 0. The van der Waals surface area contributed by atoms with Gasteiger partial charge in [-0.05, 0) is 37.3 Å². The minimum absolute atomic E-state index is 0.0888. The van der Waals surface area contributed by atoms with E-state index >= 15 is 0 Å². The van der Waals surface area contributed by atoms with Crippen LogP contribution in [-0.4, -0.2) is 9.55 Å². The van der Waals surface area contributed by atoms with Crippen LogP contribution < -0.4 is 11.3 Å². The fraction of sp³-hybridized carbons (Fsp3) is 0.125. The van der Waals surface area contributed by atoms with Crippen LogP contribution in [0.1, 0.15) is 18.7 Å². The first-order valence-corrected chi connectivity index (χ1v) is 6.50. The Bertz CT molecular complexity index is 807. The first-order chi connectivity index (χ1) is 9.68. The molecule has 0 aliphatic carbocycles. The Hall–Kier alpha value is -2.46. The minimum Gasteiger partial charge on any atom is -0.323 e. The lowest BCUT2D eigenvalue weighted by Crippen LogP contribution is -2.25. The van der Waals surface area contributed by atoms with E-state index in [0.29, 0.717) is 10.9 Å². The Kier molecular flexibility index (Phi) is 3.08. The molecule has 0 saturated carbocycles. The third kappa shape index (κ3) is 2.00. The maximum atomic E-state index is 12.7. The molecule has 0 spiro atoms. The monoisotopic (exact) mass is 265 g/mol. The number of para-hydroxylation sites is 1. The fourth-order valence-electron chi connectivity index (χ4n) is 2.33. The number of aromatic nitrogens is 2. The number of rotatable bonds is 2. The van der Waals surface area contributed by atoms with E-state index in [1.807, 2.05) is 43.3 Å². The Morgan fingerprint density at radius 1 is 1.15 bits per heavy atom. The Morgan fingerprint density at radius 2 is 1.90 bits per heavy atom. The van der Waals surface area contributed by atoms with Crippen molar-refractivity contribution in [1.29, 1.82) is 0 Å². The molecule has 2 aromatic heterocycles. The van der Waals surface area contributed by atoms with Gasteiger partial charge in [-0.3, -0.25) is 14.3 Å². The standard InChI is InChI=1S/C16H15N3O/c1-11(17)15-10-14-13(8-5-9-18-14)16(20)19(15)12-6-3-2-4-7-12/h2-11H,17H2,1H3. The van der Waals surface area contributed by atoms with Crippen molar-refractivity contribution in [3.05, 3.63) is 70.8 Å². The molecule has 0 fully saturated rings. The molecule has 1 aromatic carbocycles. The third-order valence-electron chi connectivity index (χ3n) is 3.30. The van der Waals surface area contributed by atoms with Crippen LogP contribution >= 0.6 is 0 Å². The number of hydrogen-bond donors (Lipinski definition) is 1. The molecule has 2 N–H and O–H groups in total. The predicted octanol–water partition coefficient (Wildman–Crippen LogP) is 2.41. The van der Waals surface area contributed by atoms with Crippen LogP contribution in [0, 0.1) is 0 Å². The van der Waals surface area contributed by atoms with Gasteiger partial charge in [-0.2, -0.15) is 0 Å². The summed E-state index contributed by atoms with van der Waals surface area (Å²) >= 11 is 0. The van der Waals surface area contributed by atoms with Crippen LogP contribution in [0.2, 0.25) is 0 Å². The molecule has 0 aliphatic rings. The van der Waals surface area contributed by atoms with E-state index in [4.69, 9.17) is 5.73 Å². The Balaban J connectivity index is 2.43. The maximum Gasteiger partial charge on any atom is 0.264 e. The van der Waals surface area contributed by atoms with Crippen molar-refractivity contribution in [3.63, 3.8) is 0 Å². The molecule has 4 heteroatoms. The molecule has 0 saturated heterocycles. The second kappa shape index (κ2) is 4.90. The molecule has 100 valence electrons. The zero-order valence-electron chi connectivity index (χ0n) is 11.2. The predicted molar refractivity (Wildman–Crippen MR) is 79.9 cm³/mol. The van der Waals surface area contributed by atoms with Gasteiger partial charge >= 0.3 is 0 Å². The number of nitrogens with zero attached hydrogens (tertiary/aromatic N) is 2. The average Bonchev–Trinajstić information content (AvgIpc) is 2.48. The normalized spacial score (nSPS) is 12.5. The van der Waals surface area contributed by atoms with Crippen LogP contribution in [0.15, 0.2) is 59.5 Å². The summed E-state index contributed by atoms with van der Waals surface area (Å²) in [7, 11) is 0. The molecular formula is C16H15N3O. The summed E-state index contributed by atoms with van der Waals surface area (Å²) in [6, 6.07) is 14.7. The van der Waals surface area contributed by atoms with Crippen molar-refractivity contribution >= 4 is 10.9 Å². The lowest BCUT2D eigenvalue weighted by Gasteiger charge is -2.16. The van der Waals surface area contributed by atoms with Crippen LogP contribution in [0.5, 0.6) is 0 Å². The lowest BCUT2D eigenvalue weighted by molar-refractivity contribution is 0.734. The summed E-state index contributed by atoms with van der Waals surface area (Å²) in [5, 5.41) is 0.598. The average molecular weight is 265 g/mol. The largest absolute Gasteiger partial charge is 0.323 e. The van der Waals surface area contributed by atoms with Gasteiger partial charge in [0.05, 0.1) is 10.9 Å². The molecule has 2 heterocycles. The van der Waals surface area contributed by atoms with Gasteiger partial charge in [-0.25, -0.2) is 0 Å². The SMILES string of the molecule is CC(N)c1cc2ncccc2c(=O)n1-c1ccccc1. The van der Waals surface area contributed by atoms with Gasteiger partial charge in [-0.15, -0.1) is 0 Å². The summed E-state index contributed by atoms with van der Waals surface area (Å²) in [6.45, 7) is 1.86. The molecular weight excluding hydrogens is 250 g/mol. The highest BCUT2D eigenvalue weighted by atomic mass is 16.1. The fourth-order valence-corrected chi connectivity index (χ4v) is 2.33. The number of benzene rings is 1. The van der Waals surface area contributed by atoms with Gasteiger partial charge in [0.1, 0.15) is 0 Å². The van der Waals surface area contributed by atoms with Crippen molar-refractivity contribution < 1.29 is 0 Å². The lowest BCUT2D eigenvalue weighted by atomic mass is 10.1. The Labute approximate surface area is 116 Å². The van der Waals surface area contributed by atoms with E-state index in [2.05, 4.69) is 4.98 Å². The molecule has 0 amide bonds. The molecule has 0 bridgehead atoms. The topological polar surface area (TPSA) is 60.9 Å². The number of hydrogen-bond acceptors (Lipinski definition) is 3. The highest BCUT2D eigenvalue weighted by Gasteiger charge is 2.13. The summed E-state index contributed by atoms with van der Waals surface area (Å²) in [6.07, 6.45) is 1.68. The number of pyridine rings is 2. The maximum absolute atomic E-state index is 12.7. The quantitative estimate of drug-likeness (QED) is 0.774. The van der Waals surface area contributed by atoms with E-state index in [9.17, 15) is 4.79 Å². The van der Waals surface area contributed by atoms with Crippen molar-refractivity contribution in [3.8, 4) is 5.69 Å². The van der Waals surface area contributed by atoms with E-state index in [1.165, 1.54) is 0 Å². The summed E-state index contributed by atoms with van der Waals surface area (Å²) < 4.78 is 1.66. The first-order valence-electron chi connectivity index (χ1n) is 6.50. The van der Waals surface area contributed by atoms with Gasteiger partial charge in [0.15, 0.2) is 0 Å². The van der Waals surface area contributed by atoms with Gasteiger partial charge in [0.25, 0.3) is 5.56 Å². The molecule has 0 aliphatic heterocycles. The highest BCUT2D eigenvalue weighted by Crippen LogP contribution is 2.18. The molecule has 1 unspecified atom stereocenters. The van der Waals surface area contributed by atoms with Gasteiger partial charge < -0.3 is 5.73 Å². The van der Waals surface area contributed by atoms with E-state index in [1.54, 1.807) is 22.9 Å². The van der Waals surface area contributed by atoms with Gasteiger partial charge in [0.2, 0.25) is 0 Å². The van der Waals surface area contributed by atoms with Crippen molar-refractivity contribution in [1.82, 2.24) is 9.55 Å². The highest BCUT2D eigenvalue weighted by molar-refractivity contribution is 5.78. The van der Waals surface area contributed by atoms with E-state index < -0.39 is 0 Å². The number of fused-ring (bicyclic) bond motifs is 1. The zero-order chi connectivity index (χ0) is 14.1. The number of nitrogens with two attached hydrogens (primary N) is 1. The van der Waals surface area contributed by atoms with Crippen LogP contribution in [-0.2, 0) is 0 Å². The van der Waals surface area contributed by atoms with Crippen LogP contribution in [0.25, 0.3) is 16.6 Å². The minimum atomic E-state index is -0.255. The molecule has 20 heavy (non-hydrogen) atoms. The van der Waals surface area contributed by atoms with Crippen LogP contribution in [0.3, 0.4) is 0 Å². The zero-order valence-corrected chi connectivity index (χ0v) is 11.2. The van der Waals surface area contributed by atoms with E-state index in [0.717, 1.165) is 11.4 Å².